The first-order chi connectivity index (χ1) is 6.83. The van der Waals surface area contributed by atoms with Crippen LogP contribution in [0.1, 0.15) is 5.56 Å². The predicted octanol–water partition coefficient (Wildman–Crippen LogP) is 3.32. The van der Waals surface area contributed by atoms with Gasteiger partial charge >= 0.3 is 0 Å². The maximum absolute atomic E-state index is 7.24. The number of halogens is 1. The van der Waals surface area contributed by atoms with Crippen LogP contribution < -0.4 is 5.73 Å². The molecule has 71 valence electrons. The van der Waals surface area contributed by atoms with Gasteiger partial charge in [0.1, 0.15) is 0 Å². The molecule has 2 aromatic rings. The van der Waals surface area contributed by atoms with Crippen molar-refractivity contribution in [3.63, 3.8) is 0 Å². The molecule has 2 heteroatoms. The second kappa shape index (κ2) is 3.99. The minimum Gasteiger partial charge on any atom is -0.258 e. The van der Waals surface area contributed by atoms with Gasteiger partial charge in [-0.2, -0.15) is 0 Å². The Morgan fingerprint density at radius 1 is 1.00 bits per heavy atom. The van der Waals surface area contributed by atoms with E-state index in [1.807, 2.05) is 30.3 Å². The third-order valence-corrected chi connectivity index (χ3v) is 2.69. The number of hydrogen-bond acceptors (Lipinski definition) is 0. The fraction of sp³-hybridized carbons (Fsp3) is 0.167. The zero-order valence-corrected chi connectivity index (χ0v) is 8.51. The summed E-state index contributed by atoms with van der Waals surface area (Å²) in [4.78, 5) is 0. The monoisotopic (exact) mass is 204 g/mol. The summed E-state index contributed by atoms with van der Waals surface area (Å²) in [6.45, 7) is 0.422. The topological polar surface area (TPSA) is 23.8 Å². The van der Waals surface area contributed by atoms with E-state index in [1.54, 1.807) is 0 Å². The van der Waals surface area contributed by atoms with Gasteiger partial charge in [0.25, 0.3) is 0 Å². The molecule has 2 aromatic carbocycles. The lowest BCUT2D eigenvalue weighted by molar-refractivity contribution is 0.949. The average Bonchev–Trinajstić information content (AvgIpc) is 2.23. The molecule has 0 amide bonds. The number of nitrogens with one attached hydrogen (secondary N) is 1. The van der Waals surface area contributed by atoms with Crippen LogP contribution in [-0.4, -0.2) is 6.54 Å². The Kier molecular flexibility index (Phi) is 2.71. The van der Waals surface area contributed by atoms with Gasteiger partial charge in [0, 0.05) is 17.0 Å². The molecule has 0 aromatic heterocycles. The molecule has 0 aliphatic heterocycles. The van der Waals surface area contributed by atoms with E-state index in [4.69, 9.17) is 17.3 Å². The molecule has 0 spiro atoms. The molecule has 0 bridgehead atoms. The van der Waals surface area contributed by atoms with Crippen LogP contribution in [0.25, 0.3) is 10.8 Å². The van der Waals surface area contributed by atoms with E-state index in [0.717, 1.165) is 16.8 Å². The van der Waals surface area contributed by atoms with Crippen molar-refractivity contribution in [2.24, 2.45) is 0 Å². The van der Waals surface area contributed by atoms with Gasteiger partial charge in [0.05, 0.1) is 0 Å². The molecule has 14 heavy (non-hydrogen) atoms. The Bertz CT molecular complexity index is 451. The van der Waals surface area contributed by atoms with Crippen LogP contribution in [-0.2, 0) is 6.42 Å². The summed E-state index contributed by atoms with van der Waals surface area (Å²) >= 11 is 6.08. The van der Waals surface area contributed by atoms with Crippen molar-refractivity contribution < 1.29 is 0 Å². The van der Waals surface area contributed by atoms with Crippen molar-refractivity contribution >= 4 is 22.4 Å². The van der Waals surface area contributed by atoms with Crippen LogP contribution in [0.15, 0.2) is 36.4 Å². The molecule has 0 saturated carbocycles. The summed E-state index contributed by atoms with van der Waals surface area (Å²) in [7, 11) is 0. The third-order valence-electron chi connectivity index (χ3n) is 2.36. The summed E-state index contributed by atoms with van der Waals surface area (Å²) in [5.74, 6) is 0. The predicted molar refractivity (Wildman–Crippen MR) is 60.6 cm³/mol. The van der Waals surface area contributed by atoms with Gasteiger partial charge in [-0.05, 0) is 23.4 Å². The standard InChI is InChI=1S/C12H11ClN/c13-12-6-5-9(7-8-14)10-3-1-2-4-11(10)12/h1-6,14H,7-8H2. The normalized spacial score (nSPS) is 10.7. The van der Waals surface area contributed by atoms with Crippen molar-refractivity contribution in [3.8, 4) is 0 Å². The Morgan fingerprint density at radius 3 is 2.43 bits per heavy atom. The number of hydrogen-bond donors (Lipinski definition) is 0. The minimum atomic E-state index is 0.422. The fourth-order valence-corrected chi connectivity index (χ4v) is 1.91. The quantitative estimate of drug-likeness (QED) is 0.717. The van der Waals surface area contributed by atoms with Crippen LogP contribution in [0, 0.1) is 0 Å². The summed E-state index contributed by atoms with van der Waals surface area (Å²) in [6.07, 6.45) is 0.789. The Labute approximate surface area is 88.5 Å². The highest BCUT2D eigenvalue weighted by Gasteiger charge is 2.02. The summed E-state index contributed by atoms with van der Waals surface area (Å²) in [6, 6.07) is 12.0. The first kappa shape index (κ1) is 9.50. The average molecular weight is 205 g/mol. The second-order valence-electron chi connectivity index (χ2n) is 3.25. The first-order valence-corrected chi connectivity index (χ1v) is 5.01. The van der Waals surface area contributed by atoms with Gasteiger partial charge < -0.3 is 0 Å². The van der Waals surface area contributed by atoms with E-state index in [0.29, 0.717) is 6.54 Å². The van der Waals surface area contributed by atoms with Gasteiger partial charge in [0.2, 0.25) is 0 Å². The van der Waals surface area contributed by atoms with E-state index in [-0.39, 0.29) is 0 Å². The molecule has 0 saturated heterocycles. The summed E-state index contributed by atoms with van der Waals surface area (Å²) in [5.41, 5.74) is 8.44. The smallest absolute Gasteiger partial charge is 0.0484 e. The van der Waals surface area contributed by atoms with Crippen LogP contribution in [0.5, 0.6) is 0 Å². The molecule has 0 aliphatic rings. The molecule has 0 fully saturated rings. The van der Waals surface area contributed by atoms with Crippen LogP contribution >= 0.6 is 11.6 Å². The highest BCUT2D eigenvalue weighted by Crippen LogP contribution is 2.26. The van der Waals surface area contributed by atoms with Crippen LogP contribution in [0.3, 0.4) is 0 Å². The lowest BCUT2D eigenvalue weighted by Crippen LogP contribution is -1.93. The lowest BCUT2D eigenvalue weighted by atomic mass is 10.0. The highest BCUT2D eigenvalue weighted by molar-refractivity contribution is 6.35. The molecular weight excluding hydrogens is 194 g/mol. The Morgan fingerprint density at radius 2 is 1.71 bits per heavy atom. The van der Waals surface area contributed by atoms with Gasteiger partial charge in [-0.1, -0.05) is 41.9 Å². The van der Waals surface area contributed by atoms with E-state index in [2.05, 4.69) is 6.07 Å². The summed E-state index contributed by atoms with van der Waals surface area (Å²) < 4.78 is 0. The van der Waals surface area contributed by atoms with Crippen molar-refractivity contribution in [2.45, 2.75) is 6.42 Å². The SMILES string of the molecule is [NH]CCc1ccc(Cl)c2ccccc12. The Balaban J connectivity index is 2.68. The second-order valence-corrected chi connectivity index (χ2v) is 3.66. The van der Waals surface area contributed by atoms with Gasteiger partial charge in [-0.3, -0.25) is 5.73 Å². The van der Waals surface area contributed by atoms with Crippen molar-refractivity contribution in [1.82, 2.24) is 5.73 Å². The number of benzene rings is 2. The number of fused-ring (bicyclic) bond motifs is 1. The highest BCUT2D eigenvalue weighted by atomic mass is 35.5. The minimum absolute atomic E-state index is 0.422. The summed E-state index contributed by atoms with van der Waals surface area (Å²) in [5, 5.41) is 3.04. The molecule has 0 aliphatic carbocycles. The lowest BCUT2D eigenvalue weighted by Gasteiger charge is -2.06. The van der Waals surface area contributed by atoms with Crippen molar-refractivity contribution in [2.75, 3.05) is 6.54 Å². The molecule has 2 rings (SSSR count). The maximum Gasteiger partial charge on any atom is 0.0484 e. The number of rotatable bonds is 2. The van der Waals surface area contributed by atoms with E-state index in [1.165, 1.54) is 10.9 Å². The largest absolute Gasteiger partial charge is 0.258 e. The molecule has 1 radical (unpaired) electrons. The van der Waals surface area contributed by atoms with E-state index < -0.39 is 0 Å². The molecule has 1 N–H and O–H groups in total. The molecule has 0 unspecified atom stereocenters. The van der Waals surface area contributed by atoms with Gasteiger partial charge in [-0.15, -0.1) is 0 Å². The zero-order chi connectivity index (χ0) is 9.97. The van der Waals surface area contributed by atoms with E-state index >= 15 is 0 Å². The molecule has 1 nitrogen and oxygen atoms in total. The molecule has 0 heterocycles. The van der Waals surface area contributed by atoms with Crippen LogP contribution in [0.2, 0.25) is 5.02 Å². The molecule has 0 atom stereocenters. The van der Waals surface area contributed by atoms with Gasteiger partial charge in [-0.25, -0.2) is 0 Å². The fourth-order valence-electron chi connectivity index (χ4n) is 1.68. The van der Waals surface area contributed by atoms with Crippen molar-refractivity contribution in [3.05, 3.63) is 47.0 Å². The first-order valence-electron chi connectivity index (χ1n) is 4.63. The third kappa shape index (κ3) is 1.61. The zero-order valence-electron chi connectivity index (χ0n) is 7.76. The maximum atomic E-state index is 7.24. The van der Waals surface area contributed by atoms with E-state index in [9.17, 15) is 0 Å². The van der Waals surface area contributed by atoms with Gasteiger partial charge in [0.15, 0.2) is 0 Å². The van der Waals surface area contributed by atoms with Crippen LogP contribution in [0.4, 0.5) is 0 Å². The van der Waals surface area contributed by atoms with Crippen molar-refractivity contribution in [1.29, 1.82) is 0 Å². The Hall–Kier alpha value is -1.05. The molecular formula is C12H11ClN.